The van der Waals surface area contributed by atoms with Gasteiger partial charge < -0.3 is 10.1 Å². The summed E-state index contributed by atoms with van der Waals surface area (Å²) in [5, 5.41) is 5.09. The summed E-state index contributed by atoms with van der Waals surface area (Å²) < 4.78 is 6.71. The largest absolute Gasteiger partial charge is 0.496 e. The molecule has 0 aliphatic rings. The molecule has 2 heterocycles. The lowest BCUT2D eigenvalue weighted by atomic mass is 10.1. The highest BCUT2D eigenvalue weighted by atomic mass is 35.5. The van der Waals surface area contributed by atoms with Crippen LogP contribution in [0.3, 0.4) is 0 Å². The first-order chi connectivity index (χ1) is 14.1. The molecule has 0 unspecified atom stereocenters. The van der Waals surface area contributed by atoms with Gasteiger partial charge in [0.05, 0.1) is 12.8 Å². The first-order valence-electron chi connectivity index (χ1n) is 8.74. The minimum Gasteiger partial charge on any atom is -0.496 e. The van der Waals surface area contributed by atoms with Crippen molar-refractivity contribution in [3.63, 3.8) is 0 Å². The number of halogens is 1. The second-order valence-corrected chi connectivity index (χ2v) is 7.43. The van der Waals surface area contributed by atoms with Crippen molar-refractivity contribution in [1.82, 2.24) is 14.7 Å². The number of nitrogens with zero attached hydrogens (tertiary/aromatic N) is 2. The normalized spacial score (nSPS) is 10.8. The van der Waals surface area contributed by atoms with Gasteiger partial charge in [0.1, 0.15) is 11.3 Å². The number of rotatable bonds is 5. The van der Waals surface area contributed by atoms with Crippen LogP contribution in [0.5, 0.6) is 5.75 Å². The van der Waals surface area contributed by atoms with Crippen LogP contribution in [-0.2, 0) is 6.54 Å². The molecule has 0 aliphatic carbocycles. The number of carbonyl (C=O) groups is 1. The third-order valence-electron chi connectivity index (χ3n) is 4.47. The summed E-state index contributed by atoms with van der Waals surface area (Å²) in [6.07, 6.45) is 1.31. The standard InChI is InChI=1S/C21H16ClN3O3S/c1-28-18-9-5-2-6-13(18)10-23-19(26)15-11-24-21-25(20(15)27)17(12-29-21)14-7-3-4-8-16(14)22/h2-9,11-12H,10H2,1H3,(H,23,26). The number of ether oxygens (including phenoxy) is 1. The molecule has 0 aliphatic heterocycles. The summed E-state index contributed by atoms with van der Waals surface area (Å²) in [7, 11) is 1.57. The molecule has 0 spiro atoms. The Morgan fingerprint density at radius 1 is 1.21 bits per heavy atom. The van der Waals surface area contributed by atoms with Crippen molar-refractivity contribution in [3.05, 3.63) is 86.6 Å². The Balaban J connectivity index is 1.69. The fourth-order valence-corrected chi connectivity index (χ4v) is 4.11. The zero-order chi connectivity index (χ0) is 20.4. The summed E-state index contributed by atoms with van der Waals surface area (Å²) in [5.41, 5.74) is 1.64. The summed E-state index contributed by atoms with van der Waals surface area (Å²) in [4.78, 5) is 30.5. The lowest BCUT2D eigenvalue weighted by Gasteiger charge is -2.10. The quantitative estimate of drug-likeness (QED) is 0.524. The topological polar surface area (TPSA) is 72.7 Å². The first-order valence-corrected chi connectivity index (χ1v) is 10.00. The van der Waals surface area contributed by atoms with Crippen molar-refractivity contribution in [2.45, 2.75) is 6.54 Å². The maximum atomic E-state index is 13.1. The van der Waals surface area contributed by atoms with E-state index in [0.29, 0.717) is 27.0 Å². The molecular weight excluding hydrogens is 410 g/mol. The molecule has 1 N–H and O–H groups in total. The number of para-hydroxylation sites is 1. The van der Waals surface area contributed by atoms with Gasteiger partial charge >= 0.3 is 0 Å². The number of hydrogen-bond donors (Lipinski definition) is 1. The monoisotopic (exact) mass is 425 g/mol. The molecule has 1 amide bonds. The molecule has 2 aromatic carbocycles. The Morgan fingerprint density at radius 2 is 1.97 bits per heavy atom. The molecule has 4 aromatic rings. The van der Waals surface area contributed by atoms with Crippen LogP contribution >= 0.6 is 22.9 Å². The van der Waals surface area contributed by atoms with E-state index in [0.717, 1.165) is 5.56 Å². The van der Waals surface area contributed by atoms with Crippen molar-refractivity contribution in [2.24, 2.45) is 0 Å². The van der Waals surface area contributed by atoms with Crippen LogP contribution in [0.15, 0.2) is 64.9 Å². The van der Waals surface area contributed by atoms with Gasteiger partial charge in [0.25, 0.3) is 11.5 Å². The summed E-state index contributed by atoms with van der Waals surface area (Å²) in [6.45, 7) is 0.228. The van der Waals surface area contributed by atoms with Gasteiger partial charge in [-0.2, -0.15) is 0 Å². The zero-order valence-corrected chi connectivity index (χ0v) is 17.0. The van der Waals surface area contributed by atoms with Crippen molar-refractivity contribution in [2.75, 3.05) is 7.11 Å². The van der Waals surface area contributed by atoms with Gasteiger partial charge in [-0.25, -0.2) is 4.98 Å². The molecule has 0 radical (unpaired) electrons. The fraction of sp³-hybridized carbons (Fsp3) is 0.0952. The maximum absolute atomic E-state index is 13.1. The van der Waals surface area contributed by atoms with E-state index in [-0.39, 0.29) is 12.1 Å². The second kappa shape index (κ2) is 8.06. The van der Waals surface area contributed by atoms with Crippen LogP contribution in [0.2, 0.25) is 5.02 Å². The average molecular weight is 426 g/mol. The third kappa shape index (κ3) is 3.62. The SMILES string of the molecule is COc1ccccc1CNC(=O)c1cnc2scc(-c3ccccc3Cl)n2c1=O. The Bertz CT molecular complexity index is 1270. The smallest absolute Gasteiger partial charge is 0.271 e. The zero-order valence-electron chi connectivity index (χ0n) is 15.4. The molecule has 6 nitrogen and oxygen atoms in total. The number of hydrogen-bond acceptors (Lipinski definition) is 5. The van der Waals surface area contributed by atoms with Gasteiger partial charge in [-0.05, 0) is 12.1 Å². The van der Waals surface area contributed by atoms with Gasteiger partial charge in [0, 0.05) is 34.3 Å². The lowest BCUT2D eigenvalue weighted by molar-refractivity contribution is 0.0948. The third-order valence-corrected chi connectivity index (χ3v) is 5.64. The van der Waals surface area contributed by atoms with Gasteiger partial charge in [-0.3, -0.25) is 14.0 Å². The predicted molar refractivity (Wildman–Crippen MR) is 114 cm³/mol. The number of amides is 1. The summed E-state index contributed by atoms with van der Waals surface area (Å²) >= 11 is 7.61. The van der Waals surface area contributed by atoms with Crippen molar-refractivity contribution in [1.29, 1.82) is 0 Å². The van der Waals surface area contributed by atoms with Crippen molar-refractivity contribution < 1.29 is 9.53 Å². The number of benzene rings is 2. The molecule has 0 fully saturated rings. The molecule has 29 heavy (non-hydrogen) atoms. The highest BCUT2D eigenvalue weighted by Gasteiger charge is 2.18. The number of nitrogens with one attached hydrogen (secondary N) is 1. The van der Waals surface area contributed by atoms with E-state index < -0.39 is 11.5 Å². The fourth-order valence-electron chi connectivity index (χ4n) is 3.03. The van der Waals surface area contributed by atoms with Gasteiger partial charge in [0.15, 0.2) is 4.96 Å². The Morgan fingerprint density at radius 3 is 2.76 bits per heavy atom. The van der Waals surface area contributed by atoms with E-state index in [1.807, 2.05) is 47.8 Å². The minimum absolute atomic E-state index is 0.0379. The molecule has 4 rings (SSSR count). The summed E-state index contributed by atoms with van der Waals surface area (Å²) in [6, 6.07) is 14.6. The molecule has 8 heteroatoms. The molecule has 0 saturated heterocycles. The van der Waals surface area contributed by atoms with E-state index in [4.69, 9.17) is 16.3 Å². The second-order valence-electron chi connectivity index (χ2n) is 6.19. The molecular formula is C21H16ClN3O3S. The highest BCUT2D eigenvalue weighted by Crippen LogP contribution is 2.29. The summed E-state index contributed by atoms with van der Waals surface area (Å²) in [5.74, 6) is 0.163. The maximum Gasteiger partial charge on any atom is 0.271 e. The minimum atomic E-state index is -0.501. The molecule has 0 atom stereocenters. The number of fused-ring (bicyclic) bond motifs is 1. The van der Waals surface area contributed by atoms with E-state index in [1.165, 1.54) is 21.9 Å². The van der Waals surface area contributed by atoms with E-state index in [9.17, 15) is 9.59 Å². The van der Waals surface area contributed by atoms with Crippen LogP contribution in [-0.4, -0.2) is 22.4 Å². The van der Waals surface area contributed by atoms with E-state index in [1.54, 1.807) is 13.2 Å². The first kappa shape index (κ1) is 19.2. The number of methoxy groups -OCH3 is 1. The Labute approximate surface area is 175 Å². The van der Waals surface area contributed by atoms with E-state index in [2.05, 4.69) is 10.3 Å². The van der Waals surface area contributed by atoms with Crippen LogP contribution in [0.25, 0.3) is 16.2 Å². The number of thiazole rings is 1. The molecule has 0 bridgehead atoms. The Kier molecular flexibility index (Phi) is 5.33. The van der Waals surface area contributed by atoms with Crippen LogP contribution in [0.4, 0.5) is 0 Å². The van der Waals surface area contributed by atoms with Gasteiger partial charge in [0.2, 0.25) is 0 Å². The van der Waals surface area contributed by atoms with Crippen LogP contribution in [0.1, 0.15) is 15.9 Å². The molecule has 146 valence electrons. The highest BCUT2D eigenvalue weighted by molar-refractivity contribution is 7.15. The van der Waals surface area contributed by atoms with Crippen LogP contribution < -0.4 is 15.6 Å². The average Bonchev–Trinajstić information content (AvgIpc) is 3.17. The molecule has 0 saturated carbocycles. The lowest BCUT2D eigenvalue weighted by Crippen LogP contribution is -2.31. The molecule has 2 aromatic heterocycles. The number of carbonyl (C=O) groups excluding carboxylic acids is 1. The predicted octanol–water partition coefficient (Wildman–Crippen LogP) is 4.02. The van der Waals surface area contributed by atoms with Gasteiger partial charge in [-0.15, -0.1) is 11.3 Å². The van der Waals surface area contributed by atoms with Crippen LogP contribution in [0, 0.1) is 0 Å². The van der Waals surface area contributed by atoms with E-state index >= 15 is 0 Å². The van der Waals surface area contributed by atoms with Gasteiger partial charge in [-0.1, -0.05) is 48.0 Å². The number of aromatic nitrogens is 2. The van der Waals surface area contributed by atoms with Crippen molar-refractivity contribution >= 4 is 33.8 Å². The Hall–Kier alpha value is -3.16. The van der Waals surface area contributed by atoms with Crippen molar-refractivity contribution in [3.8, 4) is 17.0 Å².